The second-order valence-corrected chi connectivity index (χ2v) is 3.42. The van der Waals surface area contributed by atoms with Crippen LogP contribution >= 0.6 is 0 Å². The van der Waals surface area contributed by atoms with Gasteiger partial charge in [0.1, 0.15) is 0 Å². The van der Waals surface area contributed by atoms with E-state index in [2.05, 4.69) is 18.9 Å². The largest absolute Gasteiger partial charge is 0.303 e. The van der Waals surface area contributed by atoms with E-state index in [1.54, 1.807) is 0 Å². The molecule has 0 aromatic heterocycles. The molecule has 1 fully saturated rings. The zero-order valence-corrected chi connectivity index (χ0v) is 7.27. The van der Waals surface area contributed by atoms with Crippen LogP contribution in [0.25, 0.3) is 0 Å². The monoisotopic (exact) mass is 141 g/mol. The molecule has 0 radical (unpaired) electrons. The minimum Gasteiger partial charge on any atom is -0.303 e. The van der Waals surface area contributed by atoms with Gasteiger partial charge in [0.25, 0.3) is 0 Å². The lowest BCUT2D eigenvalue weighted by Crippen LogP contribution is -2.35. The fourth-order valence-corrected chi connectivity index (χ4v) is 1.84. The van der Waals surface area contributed by atoms with Crippen molar-refractivity contribution in [2.75, 3.05) is 13.6 Å². The van der Waals surface area contributed by atoms with Crippen LogP contribution in [0.5, 0.6) is 0 Å². The molecule has 0 aromatic carbocycles. The van der Waals surface area contributed by atoms with Crippen LogP contribution in [-0.4, -0.2) is 24.5 Å². The average molecular weight is 141 g/mol. The predicted octanol–water partition coefficient (Wildman–Crippen LogP) is 2.27. The Morgan fingerprint density at radius 3 is 2.80 bits per heavy atom. The first-order valence-corrected chi connectivity index (χ1v) is 4.55. The number of hydrogen-bond donors (Lipinski definition) is 0. The van der Waals surface area contributed by atoms with Gasteiger partial charge in [-0.1, -0.05) is 19.8 Å². The summed E-state index contributed by atoms with van der Waals surface area (Å²) in [6, 6.07) is 0.902. The smallest absolute Gasteiger partial charge is 0.00921 e. The van der Waals surface area contributed by atoms with Crippen molar-refractivity contribution in [3.05, 3.63) is 0 Å². The maximum Gasteiger partial charge on any atom is 0.00921 e. The van der Waals surface area contributed by atoms with E-state index in [1.165, 1.54) is 38.6 Å². The lowest BCUT2D eigenvalue weighted by Gasteiger charge is -2.32. The molecule has 0 saturated carbocycles. The van der Waals surface area contributed by atoms with Crippen molar-refractivity contribution < 1.29 is 0 Å². The third-order valence-corrected chi connectivity index (χ3v) is 2.54. The van der Waals surface area contributed by atoms with Crippen molar-refractivity contribution in [2.45, 2.75) is 45.1 Å². The summed E-state index contributed by atoms with van der Waals surface area (Å²) in [6.07, 6.45) is 7.04. The Morgan fingerprint density at radius 1 is 1.40 bits per heavy atom. The molecule has 10 heavy (non-hydrogen) atoms. The molecule has 0 unspecified atom stereocenters. The van der Waals surface area contributed by atoms with Gasteiger partial charge in [-0.25, -0.2) is 0 Å². The van der Waals surface area contributed by atoms with Crippen LogP contribution in [0.1, 0.15) is 39.0 Å². The molecule has 1 heterocycles. The molecule has 1 heteroatoms. The van der Waals surface area contributed by atoms with E-state index >= 15 is 0 Å². The van der Waals surface area contributed by atoms with Crippen LogP contribution < -0.4 is 0 Å². The van der Waals surface area contributed by atoms with E-state index < -0.39 is 0 Å². The minimum atomic E-state index is 0.902. The third kappa shape index (κ3) is 1.98. The van der Waals surface area contributed by atoms with Gasteiger partial charge in [-0.05, 0) is 32.9 Å². The van der Waals surface area contributed by atoms with Crippen LogP contribution in [0.3, 0.4) is 0 Å². The number of likely N-dealkylation sites (tertiary alicyclic amines) is 1. The fraction of sp³-hybridized carbons (Fsp3) is 1.00. The Morgan fingerprint density at radius 2 is 2.20 bits per heavy atom. The number of hydrogen-bond acceptors (Lipinski definition) is 1. The summed E-state index contributed by atoms with van der Waals surface area (Å²) < 4.78 is 0. The highest BCUT2D eigenvalue weighted by molar-refractivity contribution is 4.72. The molecular weight excluding hydrogens is 122 g/mol. The van der Waals surface area contributed by atoms with Crippen LogP contribution in [-0.2, 0) is 0 Å². The summed E-state index contributed by atoms with van der Waals surface area (Å²) in [5.41, 5.74) is 0. The molecular formula is C9H19N. The first-order valence-electron chi connectivity index (χ1n) is 4.55. The second-order valence-electron chi connectivity index (χ2n) is 3.42. The maximum atomic E-state index is 2.52. The van der Waals surface area contributed by atoms with Crippen molar-refractivity contribution in [1.82, 2.24) is 4.90 Å². The molecule has 1 aliphatic heterocycles. The fourth-order valence-electron chi connectivity index (χ4n) is 1.84. The molecule has 0 bridgehead atoms. The molecule has 0 N–H and O–H groups in total. The number of piperidine rings is 1. The summed E-state index contributed by atoms with van der Waals surface area (Å²) in [5.74, 6) is 0. The van der Waals surface area contributed by atoms with Gasteiger partial charge in [-0.2, -0.15) is 0 Å². The van der Waals surface area contributed by atoms with Gasteiger partial charge < -0.3 is 4.90 Å². The molecule has 1 rings (SSSR count). The second kappa shape index (κ2) is 3.97. The highest BCUT2D eigenvalue weighted by Gasteiger charge is 2.16. The summed E-state index contributed by atoms with van der Waals surface area (Å²) >= 11 is 0. The Labute approximate surface area is 64.4 Å². The average Bonchev–Trinajstić information content (AvgIpc) is 1.94. The summed E-state index contributed by atoms with van der Waals surface area (Å²) in [7, 11) is 2.26. The van der Waals surface area contributed by atoms with Gasteiger partial charge in [0.15, 0.2) is 0 Å². The molecule has 0 spiro atoms. The Hall–Kier alpha value is -0.0400. The lowest BCUT2D eigenvalue weighted by atomic mass is 9.99. The third-order valence-electron chi connectivity index (χ3n) is 2.54. The SMILES string of the molecule is CCC[C@@H]1CCCCN1C. The number of nitrogens with zero attached hydrogens (tertiary/aromatic N) is 1. The molecule has 1 atom stereocenters. The quantitative estimate of drug-likeness (QED) is 0.570. The van der Waals surface area contributed by atoms with Gasteiger partial charge in [-0.15, -0.1) is 0 Å². The Bertz CT molecular complexity index is 88.7. The summed E-state index contributed by atoms with van der Waals surface area (Å²) in [6.45, 7) is 3.60. The Kier molecular flexibility index (Phi) is 3.20. The lowest BCUT2D eigenvalue weighted by molar-refractivity contribution is 0.175. The molecule has 0 amide bonds. The first-order chi connectivity index (χ1) is 4.84. The first kappa shape index (κ1) is 8.06. The van der Waals surface area contributed by atoms with Crippen molar-refractivity contribution >= 4 is 0 Å². The molecule has 60 valence electrons. The van der Waals surface area contributed by atoms with Gasteiger partial charge >= 0.3 is 0 Å². The van der Waals surface area contributed by atoms with E-state index in [9.17, 15) is 0 Å². The standard InChI is InChI=1S/C9H19N/c1-3-6-9-7-4-5-8-10(9)2/h9H,3-8H2,1-2H3/t9-/m1/s1. The van der Waals surface area contributed by atoms with Gasteiger partial charge in [0.05, 0.1) is 0 Å². The van der Waals surface area contributed by atoms with E-state index in [4.69, 9.17) is 0 Å². The van der Waals surface area contributed by atoms with Crippen LogP contribution in [0.15, 0.2) is 0 Å². The number of rotatable bonds is 2. The molecule has 1 aliphatic rings. The van der Waals surface area contributed by atoms with Gasteiger partial charge in [-0.3, -0.25) is 0 Å². The highest BCUT2D eigenvalue weighted by Crippen LogP contribution is 2.18. The van der Waals surface area contributed by atoms with Crippen LogP contribution in [0, 0.1) is 0 Å². The van der Waals surface area contributed by atoms with Crippen molar-refractivity contribution in [3.8, 4) is 0 Å². The van der Waals surface area contributed by atoms with E-state index in [0.717, 1.165) is 6.04 Å². The molecule has 0 aromatic rings. The van der Waals surface area contributed by atoms with E-state index in [1.807, 2.05) is 0 Å². The van der Waals surface area contributed by atoms with E-state index in [-0.39, 0.29) is 0 Å². The zero-order chi connectivity index (χ0) is 7.40. The topological polar surface area (TPSA) is 3.24 Å². The normalized spacial score (nSPS) is 28.8. The van der Waals surface area contributed by atoms with Crippen LogP contribution in [0.2, 0.25) is 0 Å². The van der Waals surface area contributed by atoms with Gasteiger partial charge in [0, 0.05) is 6.04 Å². The van der Waals surface area contributed by atoms with Crippen molar-refractivity contribution in [3.63, 3.8) is 0 Å². The van der Waals surface area contributed by atoms with E-state index in [0.29, 0.717) is 0 Å². The van der Waals surface area contributed by atoms with Crippen LogP contribution in [0.4, 0.5) is 0 Å². The summed E-state index contributed by atoms with van der Waals surface area (Å²) in [4.78, 5) is 2.52. The van der Waals surface area contributed by atoms with Gasteiger partial charge in [0.2, 0.25) is 0 Å². The Balaban J connectivity index is 2.25. The molecule has 1 nitrogen and oxygen atoms in total. The maximum absolute atomic E-state index is 2.52. The van der Waals surface area contributed by atoms with Crippen molar-refractivity contribution in [1.29, 1.82) is 0 Å². The van der Waals surface area contributed by atoms with Crippen molar-refractivity contribution in [2.24, 2.45) is 0 Å². The predicted molar refractivity (Wildman–Crippen MR) is 45.2 cm³/mol. The molecule has 1 saturated heterocycles. The highest BCUT2D eigenvalue weighted by atomic mass is 15.1. The zero-order valence-electron chi connectivity index (χ0n) is 7.27. The molecule has 0 aliphatic carbocycles. The summed E-state index contributed by atoms with van der Waals surface area (Å²) in [5, 5.41) is 0. The minimum absolute atomic E-state index is 0.902.